The van der Waals surface area contributed by atoms with Crippen molar-refractivity contribution < 1.29 is 22.7 Å². The molecule has 0 radical (unpaired) electrons. The number of amides is 1. The van der Waals surface area contributed by atoms with Gasteiger partial charge in [0, 0.05) is 0 Å². The van der Waals surface area contributed by atoms with E-state index >= 15 is 0 Å². The number of nitrogens with zero attached hydrogens (tertiary/aromatic N) is 1. The highest BCUT2D eigenvalue weighted by atomic mass is 32.2. The number of carbonyl (C=O) groups excluding carboxylic acids is 1. The number of sulfonamides is 1. The molecule has 4 rings (SSSR count). The van der Waals surface area contributed by atoms with Crippen molar-refractivity contribution in [1.82, 2.24) is 5.32 Å². The van der Waals surface area contributed by atoms with Crippen LogP contribution in [0.1, 0.15) is 62.4 Å². The maximum Gasteiger partial charge on any atom is 0.264 e. The summed E-state index contributed by atoms with van der Waals surface area (Å²) in [7, 11) is -2.34. The molecule has 3 aromatic rings. The summed E-state index contributed by atoms with van der Waals surface area (Å²) in [6.45, 7) is 11.9. The molecule has 0 fully saturated rings. The Bertz CT molecular complexity index is 1460. The maximum absolute atomic E-state index is 13.9. The summed E-state index contributed by atoms with van der Waals surface area (Å²) in [5.74, 6) is 0.766. The van der Waals surface area contributed by atoms with Crippen LogP contribution in [0.15, 0.2) is 65.6 Å². The standard InChI is InChI=1S/C31H38N2O5S/c1-8-25(22-11-15-27(37-7)21(3)17-22)32-30(34)29-19-33(39(35,36)24-13-9-20(2)10-14-24)26-18-23(31(4,5)6)12-16-28(26)38-29/h9-18,25,29H,8,19H2,1-7H3,(H,32,34)/t25-,29-/m0/s1. The SMILES string of the molecule is CC[C@H](NC(=O)[C@@H]1CN(S(=O)(=O)c2ccc(C)cc2)c2cc(C(C)(C)C)ccc2O1)c1ccc(OC)c(C)c1. The minimum Gasteiger partial charge on any atom is -0.496 e. The summed E-state index contributed by atoms with van der Waals surface area (Å²) in [6, 6.07) is 17.8. The van der Waals surface area contributed by atoms with Gasteiger partial charge in [-0.25, -0.2) is 8.42 Å². The molecule has 0 aromatic heterocycles. The van der Waals surface area contributed by atoms with Gasteiger partial charge in [0.15, 0.2) is 6.10 Å². The average molecular weight is 551 g/mol. The first-order valence-corrected chi connectivity index (χ1v) is 14.6. The molecule has 1 aliphatic rings. The summed E-state index contributed by atoms with van der Waals surface area (Å²) < 4.78 is 40.7. The number of aryl methyl sites for hydroxylation is 2. The van der Waals surface area contributed by atoms with E-state index in [1.54, 1.807) is 37.4 Å². The smallest absolute Gasteiger partial charge is 0.264 e. The molecule has 0 unspecified atom stereocenters. The third-order valence-corrected chi connectivity index (χ3v) is 8.94. The lowest BCUT2D eigenvalue weighted by Crippen LogP contribution is -2.51. The fourth-order valence-corrected chi connectivity index (χ4v) is 6.19. The summed E-state index contributed by atoms with van der Waals surface area (Å²) in [5.41, 5.74) is 4.08. The van der Waals surface area contributed by atoms with Gasteiger partial charge < -0.3 is 14.8 Å². The summed E-state index contributed by atoms with van der Waals surface area (Å²) in [6.07, 6.45) is -0.368. The van der Waals surface area contributed by atoms with Gasteiger partial charge in [0.25, 0.3) is 15.9 Å². The Balaban J connectivity index is 1.69. The fraction of sp³-hybridized carbons (Fsp3) is 0.387. The molecule has 0 saturated heterocycles. The van der Waals surface area contributed by atoms with E-state index in [0.29, 0.717) is 17.9 Å². The second-order valence-electron chi connectivity index (χ2n) is 11.1. The van der Waals surface area contributed by atoms with E-state index in [-0.39, 0.29) is 28.8 Å². The van der Waals surface area contributed by atoms with Gasteiger partial charge in [-0.1, -0.05) is 63.6 Å². The maximum atomic E-state index is 13.9. The Morgan fingerprint density at radius 1 is 1.08 bits per heavy atom. The van der Waals surface area contributed by atoms with Gasteiger partial charge in [0.2, 0.25) is 0 Å². The molecule has 2 atom stereocenters. The van der Waals surface area contributed by atoms with Gasteiger partial charge in [-0.05, 0) is 72.7 Å². The van der Waals surface area contributed by atoms with Crippen LogP contribution in [0.5, 0.6) is 11.5 Å². The van der Waals surface area contributed by atoms with Crippen LogP contribution in [0.2, 0.25) is 0 Å². The Labute approximate surface area is 232 Å². The van der Waals surface area contributed by atoms with Crippen LogP contribution >= 0.6 is 0 Å². The van der Waals surface area contributed by atoms with Crippen molar-refractivity contribution in [3.8, 4) is 11.5 Å². The van der Waals surface area contributed by atoms with Gasteiger partial charge in [0.1, 0.15) is 11.5 Å². The molecule has 1 heterocycles. The molecule has 3 aromatic carbocycles. The number of hydrogen-bond donors (Lipinski definition) is 1. The Morgan fingerprint density at radius 2 is 1.77 bits per heavy atom. The Morgan fingerprint density at radius 3 is 2.36 bits per heavy atom. The summed E-state index contributed by atoms with van der Waals surface area (Å²) >= 11 is 0. The second kappa shape index (κ2) is 10.9. The molecule has 0 saturated carbocycles. The number of benzene rings is 3. The third kappa shape index (κ3) is 5.91. The van der Waals surface area contributed by atoms with Crippen molar-refractivity contribution in [2.45, 2.75) is 70.4 Å². The van der Waals surface area contributed by atoms with Crippen molar-refractivity contribution in [3.05, 3.63) is 82.9 Å². The number of rotatable bonds is 7. The summed E-state index contributed by atoms with van der Waals surface area (Å²) in [5, 5.41) is 3.08. The van der Waals surface area contributed by atoms with Crippen LogP contribution in [-0.2, 0) is 20.2 Å². The fourth-order valence-electron chi connectivity index (χ4n) is 4.72. The lowest BCUT2D eigenvalue weighted by Gasteiger charge is -2.36. The van der Waals surface area contributed by atoms with E-state index in [4.69, 9.17) is 9.47 Å². The number of ether oxygens (including phenoxy) is 2. The molecule has 0 spiro atoms. The van der Waals surface area contributed by atoms with Crippen molar-refractivity contribution in [1.29, 1.82) is 0 Å². The van der Waals surface area contributed by atoms with Crippen molar-refractivity contribution >= 4 is 21.6 Å². The van der Waals surface area contributed by atoms with Crippen LogP contribution in [0.25, 0.3) is 0 Å². The first-order valence-electron chi connectivity index (χ1n) is 13.2. The van der Waals surface area contributed by atoms with Gasteiger partial charge in [-0.2, -0.15) is 0 Å². The Hall–Kier alpha value is -3.52. The van der Waals surface area contributed by atoms with Crippen LogP contribution in [0.3, 0.4) is 0 Å². The van der Waals surface area contributed by atoms with E-state index in [1.165, 1.54) is 4.31 Å². The molecule has 8 heteroatoms. The van der Waals surface area contributed by atoms with Crippen LogP contribution in [-0.4, -0.2) is 34.1 Å². The molecule has 1 amide bonds. The van der Waals surface area contributed by atoms with E-state index in [9.17, 15) is 13.2 Å². The first kappa shape index (κ1) is 28.5. The van der Waals surface area contributed by atoms with Crippen LogP contribution in [0, 0.1) is 13.8 Å². The van der Waals surface area contributed by atoms with Crippen molar-refractivity contribution in [3.63, 3.8) is 0 Å². The Kier molecular flexibility index (Phi) is 7.98. The number of fused-ring (bicyclic) bond motifs is 1. The molecule has 0 bridgehead atoms. The van der Waals surface area contributed by atoms with Crippen LogP contribution < -0.4 is 19.1 Å². The van der Waals surface area contributed by atoms with Gasteiger partial charge in [0.05, 0.1) is 30.3 Å². The zero-order chi connectivity index (χ0) is 28.5. The predicted octanol–water partition coefficient (Wildman–Crippen LogP) is 5.83. The molecule has 1 N–H and O–H groups in total. The second-order valence-corrected chi connectivity index (χ2v) is 12.9. The molecular formula is C31H38N2O5S. The zero-order valence-electron chi connectivity index (χ0n) is 23.7. The normalized spacial score (nSPS) is 16.2. The van der Waals surface area contributed by atoms with Gasteiger partial charge in [-0.3, -0.25) is 9.10 Å². The largest absolute Gasteiger partial charge is 0.496 e. The lowest BCUT2D eigenvalue weighted by atomic mass is 9.86. The number of anilines is 1. The number of nitrogens with one attached hydrogen (secondary N) is 1. The highest BCUT2D eigenvalue weighted by Gasteiger charge is 2.38. The third-order valence-electron chi connectivity index (χ3n) is 7.14. The monoisotopic (exact) mass is 550 g/mol. The summed E-state index contributed by atoms with van der Waals surface area (Å²) in [4.78, 5) is 13.7. The lowest BCUT2D eigenvalue weighted by molar-refractivity contribution is -0.128. The minimum atomic E-state index is -3.96. The quantitative estimate of drug-likeness (QED) is 0.400. The van der Waals surface area contributed by atoms with Crippen molar-refractivity contribution in [2.24, 2.45) is 0 Å². The highest BCUT2D eigenvalue weighted by Crippen LogP contribution is 2.40. The number of hydrogen-bond acceptors (Lipinski definition) is 5. The van der Waals surface area contributed by atoms with E-state index in [0.717, 1.165) is 28.0 Å². The van der Waals surface area contributed by atoms with Crippen molar-refractivity contribution in [2.75, 3.05) is 18.0 Å². The highest BCUT2D eigenvalue weighted by molar-refractivity contribution is 7.92. The topological polar surface area (TPSA) is 84.9 Å². The molecule has 7 nitrogen and oxygen atoms in total. The predicted molar refractivity (Wildman–Crippen MR) is 154 cm³/mol. The number of carbonyl (C=O) groups is 1. The van der Waals surface area contributed by atoms with Gasteiger partial charge in [-0.15, -0.1) is 0 Å². The van der Waals surface area contributed by atoms with Crippen LogP contribution in [0.4, 0.5) is 5.69 Å². The van der Waals surface area contributed by atoms with Gasteiger partial charge >= 0.3 is 0 Å². The molecule has 0 aliphatic carbocycles. The molecule has 208 valence electrons. The molecule has 39 heavy (non-hydrogen) atoms. The zero-order valence-corrected chi connectivity index (χ0v) is 24.6. The van der Waals surface area contributed by atoms with E-state index < -0.39 is 16.1 Å². The molecule has 1 aliphatic heterocycles. The average Bonchev–Trinajstić information content (AvgIpc) is 2.90. The minimum absolute atomic E-state index is 0.138. The molecular weight excluding hydrogens is 512 g/mol. The van der Waals surface area contributed by atoms with E-state index in [1.807, 2.05) is 51.1 Å². The first-order chi connectivity index (χ1) is 18.3. The van der Waals surface area contributed by atoms with E-state index in [2.05, 4.69) is 26.1 Å². The number of methoxy groups -OCH3 is 1.